The summed E-state index contributed by atoms with van der Waals surface area (Å²) in [6, 6.07) is 8.54. The van der Waals surface area contributed by atoms with E-state index in [4.69, 9.17) is 17.3 Å². The largest absolute Gasteiger partial charge is 0.329 e. The van der Waals surface area contributed by atoms with Crippen LogP contribution in [0.3, 0.4) is 0 Å². The van der Waals surface area contributed by atoms with E-state index in [1.807, 2.05) is 18.2 Å². The molecule has 82 valence electrons. The lowest BCUT2D eigenvalue weighted by Gasteiger charge is -2.38. The van der Waals surface area contributed by atoms with Gasteiger partial charge in [-0.15, -0.1) is 0 Å². The Morgan fingerprint density at radius 3 is 2.73 bits per heavy atom. The highest BCUT2D eigenvalue weighted by Gasteiger charge is 2.22. The molecular formula is C12H17ClN2. The Morgan fingerprint density at radius 1 is 1.40 bits per heavy atom. The van der Waals surface area contributed by atoms with E-state index in [0.29, 0.717) is 6.04 Å². The van der Waals surface area contributed by atoms with Crippen molar-refractivity contribution in [3.8, 4) is 0 Å². The summed E-state index contributed by atoms with van der Waals surface area (Å²) < 4.78 is 0. The number of nitrogens with zero attached hydrogens (tertiary/aromatic N) is 1. The highest BCUT2D eigenvalue weighted by molar-refractivity contribution is 6.30. The summed E-state index contributed by atoms with van der Waals surface area (Å²) in [5, 5.41) is 0.812. The highest BCUT2D eigenvalue weighted by Crippen LogP contribution is 2.17. The summed E-state index contributed by atoms with van der Waals surface area (Å²) in [5.74, 6) is 0. The molecule has 1 aromatic rings. The number of likely N-dealkylation sites (tertiary alicyclic amines) is 1. The van der Waals surface area contributed by atoms with E-state index in [-0.39, 0.29) is 0 Å². The molecular weight excluding hydrogens is 208 g/mol. The minimum Gasteiger partial charge on any atom is -0.329 e. The summed E-state index contributed by atoms with van der Waals surface area (Å²) in [6.45, 7) is 3.12. The third kappa shape index (κ3) is 2.71. The number of hydrogen-bond acceptors (Lipinski definition) is 2. The molecule has 1 fully saturated rings. The molecule has 1 aromatic carbocycles. The van der Waals surface area contributed by atoms with Crippen molar-refractivity contribution in [2.45, 2.75) is 18.9 Å². The summed E-state index contributed by atoms with van der Waals surface area (Å²) in [6.07, 6.45) is 2.32. The Balaban J connectivity index is 1.99. The lowest BCUT2D eigenvalue weighted by Crippen LogP contribution is -2.49. The predicted molar refractivity (Wildman–Crippen MR) is 64.2 cm³/mol. The number of halogens is 1. The first kappa shape index (κ1) is 10.9. The molecule has 1 saturated heterocycles. The highest BCUT2D eigenvalue weighted by atomic mass is 35.5. The van der Waals surface area contributed by atoms with Crippen molar-refractivity contribution in [2.75, 3.05) is 19.6 Å². The van der Waals surface area contributed by atoms with Gasteiger partial charge in [-0.25, -0.2) is 0 Å². The molecule has 3 heteroatoms. The van der Waals surface area contributed by atoms with Crippen molar-refractivity contribution in [1.29, 1.82) is 0 Å². The standard InChI is InChI=1S/C12H17ClN2/c13-11-4-1-3-10(7-11)8-12(9-14)15-5-2-6-15/h1,3-4,7,12H,2,5-6,8-9,14H2. The molecule has 2 N–H and O–H groups in total. The molecule has 2 nitrogen and oxygen atoms in total. The first-order chi connectivity index (χ1) is 7.29. The maximum atomic E-state index is 5.95. The van der Waals surface area contributed by atoms with E-state index in [2.05, 4.69) is 11.0 Å². The maximum Gasteiger partial charge on any atom is 0.0408 e. The van der Waals surface area contributed by atoms with Crippen LogP contribution < -0.4 is 5.73 Å². The van der Waals surface area contributed by atoms with Gasteiger partial charge in [0.05, 0.1) is 0 Å². The average Bonchev–Trinajstić information content (AvgIpc) is 2.14. The second kappa shape index (κ2) is 4.97. The first-order valence-corrected chi connectivity index (χ1v) is 5.86. The van der Waals surface area contributed by atoms with Gasteiger partial charge in [0.2, 0.25) is 0 Å². The number of rotatable bonds is 4. The second-order valence-corrected chi connectivity index (χ2v) is 4.55. The fourth-order valence-corrected chi connectivity index (χ4v) is 2.22. The fourth-order valence-electron chi connectivity index (χ4n) is 2.00. The van der Waals surface area contributed by atoms with Gasteiger partial charge in [-0.05, 0) is 43.6 Å². The molecule has 0 spiro atoms. The normalized spacial score (nSPS) is 18.5. The van der Waals surface area contributed by atoms with Gasteiger partial charge in [0.1, 0.15) is 0 Å². The van der Waals surface area contributed by atoms with Crippen molar-refractivity contribution >= 4 is 11.6 Å². The molecule has 2 rings (SSSR count). The zero-order valence-corrected chi connectivity index (χ0v) is 9.58. The monoisotopic (exact) mass is 224 g/mol. The van der Waals surface area contributed by atoms with E-state index in [9.17, 15) is 0 Å². The van der Waals surface area contributed by atoms with E-state index in [0.717, 1.165) is 18.0 Å². The minimum absolute atomic E-state index is 0.484. The molecule has 1 atom stereocenters. The molecule has 0 aliphatic carbocycles. The molecule has 0 saturated carbocycles. The molecule has 0 bridgehead atoms. The third-order valence-electron chi connectivity index (χ3n) is 3.04. The molecule has 1 aliphatic rings. The lowest BCUT2D eigenvalue weighted by atomic mass is 10.0. The number of benzene rings is 1. The Bertz CT molecular complexity index is 323. The van der Waals surface area contributed by atoms with Crippen molar-refractivity contribution in [3.63, 3.8) is 0 Å². The van der Waals surface area contributed by atoms with Crippen molar-refractivity contribution in [2.24, 2.45) is 5.73 Å². The van der Waals surface area contributed by atoms with Gasteiger partial charge in [0.15, 0.2) is 0 Å². The molecule has 0 amide bonds. The zero-order chi connectivity index (χ0) is 10.7. The van der Waals surface area contributed by atoms with Crippen molar-refractivity contribution in [3.05, 3.63) is 34.9 Å². The molecule has 0 radical (unpaired) electrons. The topological polar surface area (TPSA) is 29.3 Å². The summed E-state index contributed by atoms with van der Waals surface area (Å²) in [4.78, 5) is 2.45. The lowest BCUT2D eigenvalue weighted by molar-refractivity contribution is 0.121. The summed E-state index contributed by atoms with van der Waals surface area (Å²) in [7, 11) is 0. The van der Waals surface area contributed by atoms with Crippen LogP contribution in [0.15, 0.2) is 24.3 Å². The SMILES string of the molecule is NCC(Cc1cccc(Cl)c1)N1CCC1. The predicted octanol–water partition coefficient (Wildman–Crippen LogP) is 1.92. The average molecular weight is 225 g/mol. The Kier molecular flexibility index (Phi) is 3.62. The van der Waals surface area contributed by atoms with Gasteiger partial charge in [0.25, 0.3) is 0 Å². The molecule has 1 unspecified atom stereocenters. The van der Waals surface area contributed by atoms with Gasteiger partial charge in [-0.3, -0.25) is 4.90 Å². The van der Waals surface area contributed by atoms with Crippen LogP contribution in [-0.2, 0) is 6.42 Å². The van der Waals surface area contributed by atoms with Crippen molar-refractivity contribution < 1.29 is 0 Å². The molecule has 1 aliphatic heterocycles. The summed E-state index contributed by atoms with van der Waals surface area (Å²) in [5.41, 5.74) is 7.08. The first-order valence-electron chi connectivity index (χ1n) is 5.48. The maximum absolute atomic E-state index is 5.95. The van der Waals surface area contributed by atoms with Crippen LogP contribution in [0.2, 0.25) is 5.02 Å². The van der Waals surface area contributed by atoms with Crippen LogP contribution in [0.4, 0.5) is 0 Å². The van der Waals surface area contributed by atoms with Crippen LogP contribution in [0.1, 0.15) is 12.0 Å². The fraction of sp³-hybridized carbons (Fsp3) is 0.500. The van der Waals surface area contributed by atoms with Crippen LogP contribution >= 0.6 is 11.6 Å². The zero-order valence-electron chi connectivity index (χ0n) is 8.82. The van der Waals surface area contributed by atoms with Crippen LogP contribution in [-0.4, -0.2) is 30.6 Å². The van der Waals surface area contributed by atoms with Crippen LogP contribution in [0, 0.1) is 0 Å². The van der Waals surface area contributed by atoms with Crippen LogP contribution in [0.25, 0.3) is 0 Å². The molecule has 15 heavy (non-hydrogen) atoms. The number of nitrogens with two attached hydrogens (primary N) is 1. The van der Waals surface area contributed by atoms with Crippen LogP contribution in [0.5, 0.6) is 0 Å². The Morgan fingerprint density at radius 2 is 2.20 bits per heavy atom. The Labute approximate surface area is 96.0 Å². The van der Waals surface area contributed by atoms with E-state index in [1.165, 1.54) is 25.1 Å². The van der Waals surface area contributed by atoms with E-state index in [1.54, 1.807) is 0 Å². The molecule has 0 aromatic heterocycles. The van der Waals surface area contributed by atoms with Gasteiger partial charge in [0, 0.05) is 17.6 Å². The van der Waals surface area contributed by atoms with E-state index < -0.39 is 0 Å². The smallest absolute Gasteiger partial charge is 0.0408 e. The third-order valence-corrected chi connectivity index (χ3v) is 3.27. The van der Waals surface area contributed by atoms with Gasteiger partial charge >= 0.3 is 0 Å². The second-order valence-electron chi connectivity index (χ2n) is 4.11. The summed E-state index contributed by atoms with van der Waals surface area (Å²) >= 11 is 5.95. The van der Waals surface area contributed by atoms with Gasteiger partial charge < -0.3 is 5.73 Å². The van der Waals surface area contributed by atoms with Gasteiger partial charge in [-0.2, -0.15) is 0 Å². The van der Waals surface area contributed by atoms with Crippen molar-refractivity contribution in [1.82, 2.24) is 4.90 Å². The Hall–Kier alpha value is -0.570. The minimum atomic E-state index is 0.484. The van der Waals surface area contributed by atoms with E-state index >= 15 is 0 Å². The number of hydrogen-bond donors (Lipinski definition) is 1. The van der Waals surface area contributed by atoms with Gasteiger partial charge in [-0.1, -0.05) is 23.7 Å². The molecule has 1 heterocycles. The quantitative estimate of drug-likeness (QED) is 0.847.